The highest BCUT2D eigenvalue weighted by Crippen LogP contribution is 2.47. The van der Waals surface area contributed by atoms with Gasteiger partial charge in [0.25, 0.3) is 8.53 Å². The van der Waals surface area contributed by atoms with Crippen LogP contribution >= 0.6 is 8.53 Å². The summed E-state index contributed by atoms with van der Waals surface area (Å²) in [6.07, 6.45) is -0.641. The first kappa shape index (κ1) is 25.7. The van der Waals surface area contributed by atoms with Crippen LogP contribution in [0.15, 0.2) is 0 Å². The van der Waals surface area contributed by atoms with Crippen molar-refractivity contribution >= 4 is 20.5 Å². The summed E-state index contributed by atoms with van der Waals surface area (Å²) in [6.45, 7) is 12.2. The van der Waals surface area contributed by atoms with Gasteiger partial charge in [0.2, 0.25) is 0 Å². The van der Waals surface area contributed by atoms with Crippen LogP contribution in [-0.4, -0.2) is 54.6 Å². The van der Waals surface area contributed by atoms with Gasteiger partial charge in [-0.25, -0.2) is 4.67 Å². The van der Waals surface area contributed by atoms with Gasteiger partial charge in [-0.15, -0.1) is 0 Å². The predicted octanol–water partition coefficient (Wildman–Crippen LogP) is 3.55. The Bertz CT molecular complexity index is 453. The Morgan fingerprint density at radius 3 is 1.85 bits per heavy atom. The lowest BCUT2D eigenvalue weighted by molar-refractivity contribution is -0.148. The first-order valence-corrected chi connectivity index (χ1v) is 10.5. The SMILES string of the molecule is CCOC(=O)CC(CC(=O)OCC)OP(OCCC#N)N(C(C)C)C(C)C. The zero-order chi connectivity index (χ0) is 20.8. The molecule has 156 valence electrons. The minimum absolute atomic E-state index is 0.0723. The molecule has 0 saturated carbocycles. The molecule has 0 aromatic rings. The number of carbonyl (C=O) groups is 2. The quantitative estimate of drug-likeness (QED) is 0.246. The predicted molar refractivity (Wildman–Crippen MR) is 103 cm³/mol. The van der Waals surface area contributed by atoms with E-state index in [9.17, 15) is 9.59 Å². The van der Waals surface area contributed by atoms with E-state index >= 15 is 0 Å². The Labute approximate surface area is 164 Å². The van der Waals surface area contributed by atoms with Gasteiger partial charge in [0.1, 0.15) is 0 Å². The Morgan fingerprint density at radius 2 is 1.48 bits per heavy atom. The van der Waals surface area contributed by atoms with Gasteiger partial charge in [-0.3, -0.25) is 9.59 Å². The minimum Gasteiger partial charge on any atom is -0.466 e. The standard InChI is InChI=1S/C18H33N2O6P/c1-7-23-17(21)12-16(13-18(22)24-8-2)26-27(25-11-9-10-19)20(14(3)4)15(5)6/h14-16H,7-9,11-13H2,1-6H3. The second-order valence-electron chi connectivity index (χ2n) is 6.29. The van der Waals surface area contributed by atoms with Gasteiger partial charge in [-0.1, -0.05) is 0 Å². The Morgan fingerprint density at radius 1 is 1.00 bits per heavy atom. The normalized spacial score (nSPS) is 12.5. The van der Waals surface area contributed by atoms with Crippen molar-refractivity contribution in [2.24, 2.45) is 0 Å². The van der Waals surface area contributed by atoms with Crippen LogP contribution in [0.25, 0.3) is 0 Å². The van der Waals surface area contributed by atoms with Crippen LogP contribution < -0.4 is 0 Å². The van der Waals surface area contributed by atoms with Crippen molar-refractivity contribution in [2.75, 3.05) is 19.8 Å². The number of hydrogen-bond acceptors (Lipinski definition) is 8. The van der Waals surface area contributed by atoms with Crippen LogP contribution in [0.4, 0.5) is 0 Å². The summed E-state index contributed by atoms with van der Waals surface area (Å²) in [5.74, 6) is -0.890. The van der Waals surface area contributed by atoms with E-state index in [4.69, 9.17) is 23.8 Å². The summed E-state index contributed by atoms with van der Waals surface area (Å²) in [7, 11) is -1.57. The third-order valence-corrected chi connectivity index (χ3v) is 5.48. The lowest BCUT2D eigenvalue weighted by Gasteiger charge is -2.37. The van der Waals surface area contributed by atoms with E-state index in [1.807, 2.05) is 38.4 Å². The van der Waals surface area contributed by atoms with Crippen molar-refractivity contribution in [2.45, 2.75) is 79.0 Å². The molecule has 0 N–H and O–H groups in total. The Balaban J connectivity index is 5.34. The average Bonchev–Trinajstić information content (AvgIpc) is 2.54. The second kappa shape index (κ2) is 14.8. The molecular formula is C18H33N2O6P. The summed E-state index contributed by atoms with van der Waals surface area (Å²) in [5, 5.41) is 8.77. The third-order valence-electron chi connectivity index (χ3n) is 3.30. The molecule has 1 atom stereocenters. The monoisotopic (exact) mass is 404 g/mol. The van der Waals surface area contributed by atoms with E-state index in [-0.39, 0.29) is 51.2 Å². The molecule has 0 saturated heterocycles. The second-order valence-corrected chi connectivity index (χ2v) is 7.70. The van der Waals surface area contributed by atoms with Crippen LogP contribution in [-0.2, 0) is 28.1 Å². The summed E-state index contributed by atoms with van der Waals surface area (Å²) < 4.78 is 23.9. The largest absolute Gasteiger partial charge is 0.466 e. The fraction of sp³-hybridized carbons (Fsp3) is 0.833. The lowest BCUT2D eigenvalue weighted by Crippen LogP contribution is -2.35. The topological polar surface area (TPSA) is 98.1 Å². The number of nitriles is 1. The molecule has 8 nitrogen and oxygen atoms in total. The molecule has 0 spiro atoms. The number of ether oxygens (including phenoxy) is 2. The van der Waals surface area contributed by atoms with E-state index in [1.165, 1.54) is 0 Å². The zero-order valence-electron chi connectivity index (χ0n) is 17.3. The van der Waals surface area contributed by atoms with E-state index in [2.05, 4.69) is 0 Å². The number of hydrogen-bond donors (Lipinski definition) is 0. The van der Waals surface area contributed by atoms with E-state index in [1.54, 1.807) is 13.8 Å². The molecule has 0 heterocycles. The van der Waals surface area contributed by atoms with Gasteiger partial charge in [-0.05, 0) is 41.5 Å². The molecule has 9 heteroatoms. The number of esters is 2. The Kier molecular flexibility index (Phi) is 14.1. The van der Waals surface area contributed by atoms with Crippen molar-refractivity contribution in [3.05, 3.63) is 0 Å². The summed E-state index contributed by atoms with van der Waals surface area (Å²) in [4.78, 5) is 23.9. The van der Waals surface area contributed by atoms with Crippen molar-refractivity contribution < 1.29 is 28.1 Å². The fourth-order valence-corrected chi connectivity index (χ4v) is 4.09. The van der Waals surface area contributed by atoms with Crippen LogP contribution in [0.2, 0.25) is 0 Å². The maximum atomic E-state index is 11.9. The average molecular weight is 404 g/mol. The maximum Gasteiger partial charge on any atom is 0.308 e. The smallest absolute Gasteiger partial charge is 0.308 e. The highest BCUT2D eigenvalue weighted by molar-refractivity contribution is 7.44. The molecule has 0 aliphatic rings. The molecule has 1 unspecified atom stereocenters. The molecule has 0 amide bonds. The fourth-order valence-electron chi connectivity index (χ4n) is 2.38. The van der Waals surface area contributed by atoms with Crippen molar-refractivity contribution in [1.29, 1.82) is 5.26 Å². The van der Waals surface area contributed by atoms with Gasteiger partial charge in [0, 0.05) is 12.1 Å². The highest BCUT2D eigenvalue weighted by atomic mass is 31.2. The summed E-state index contributed by atoms with van der Waals surface area (Å²) >= 11 is 0. The molecule has 0 radical (unpaired) electrons. The van der Waals surface area contributed by atoms with Gasteiger partial charge >= 0.3 is 11.9 Å². The van der Waals surface area contributed by atoms with Crippen LogP contribution in [0, 0.1) is 11.3 Å². The molecule has 0 fully saturated rings. The van der Waals surface area contributed by atoms with E-state index in [0.717, 1.165) is 0 Å². The van der Waals surface area contributed by atoms with Gasteiger partial charge in [-0.2, -0.15) is 5.26 Å². The molecule has 0 bridgehead atoms. The van der Waals surface area contributed by atoms with Gasteiger partial charge in [0.15, 0.2) is 0 Å². The summed E-state index contributed by atoms with van der Waals surface area (Å²) in [6, 6.07) is 2.26. The molecule has 0 aromatic carbocycles. The first-order chi connectivity index (χ1) is 12.8. The number of carbonyl (C=O) groups excluding carboxylic acids is 2. The van der Waals surface area contributed by atoms with Gasteiger partial charge in [0.05, 0.1) is 51.3 Å². The Hall–Kier alpha value is -1.26. The molecule has 0 aromatic heterocycles. The lowest BCUT2D eigenvalue weighted by atomic mass is 10.2. The maximum absolute atomic E-state index is 11.9. The zero-order valence-corrected chi connectivity index (χ0v) is 18.2. The van der Waals surface area contributed by atoms with Gasteiger partial charge < -0.3 is 18.5 Å². The van der Waals surface area contributed by atoms with Crippen molar-refractivity contribution in [3.8, 4) is 6.07 Å². The van der Waals surface area contributed by atoms with E-state index < -0.39 is 26.6 Å². The molecule has 0 aliphatic carbocycles. The molecule has 0 aliphatic heterocycles. The summed E-state index contributed by atoms with van der Waals surface area (Å²) in [5.41, 5.74) is 0. The van der Waals surface area contributed by atoms with Crippen LogP contribution in [0.3, 0.4) is 0 Å². The first-order valence-electron chi connectivity index (χ1n) is 9.32. The highest BCUT2D eigenvalue weighted by Gasteiger charge is 2.32. The van der Waals surface area contributed by atoms with Crippen LogP contribution in [0.1, 0.15) is 60.8 Å². The molecule has 0 rings (SSSR count). The number of rotatable bonds is 14. The van der Waals surface area contributed by atoms with Crippen molar-refractivity contribution in [1.82, 2.24) is 4.67 Å². The third kappa shape index (κ3) is 11.2. The molecule has 27 heavy (non-hydrogen) atoms. The van der Waals surface area contributed by atoms with Crippen LogP contribution in [0.5, 0.6) is 0 Å². The number of nitrogens with zero attached hydrogens (tertiary/aromatic N) is 2. The molecular weight excluding hydrogens is 371 g/mol. The minimum atomic E-state index is -1.57. The van der Waals surface area contributed by atoms with E-state index in [0.29, 0.717) is 0 Å². The van der Waals surface area contributed by atoms with Crippen molar-refractivity contribution in [3.63, 3.8) is 0 Å².